The minimum atomic E-state index is -0.101. The fourth-order valence-electron chi connectivity index (χ4n) is 2.51. The van der Waals surface area contributed by atoms with Gasteiger partial charge in [-0.25, -0.2) is 0 Å². The van der Waals surface area contributed by atoms with E-state index in [-0.39, 0.29) is 24.4 Å². The molecule has 2 rings (SSSR count). The van der Waals surface area contributed by atoms with Gasteiger partial charge in [0.05, 0.1) is 6.54 Å². The van der Waals surface area contributed by atoms with Crippen molar-refractivity contribution in [2.24, 2.45) is 0 Å². The van der Waals surface area contributed by atoms with Crippen molar-refractivity contribution in [2.75, 3.05) is 6.54 Å². The molecule has 0 bridgehead atoms. The van der Waals surface area contributed by atoms with Crippen molar-refractivity contribution in [3.63, 3.8) is 0 Å². The van der Waals surface area contributed by atoms with Crippen LogP contribution in [-0.4, -0.2) is 34.3 Å². The van der Waals surface area contributed by atoms with Crippen molar-refractivity contribution >= 4 is 11.8 Å². The molecule has 1 saturated carbocycles. The second-order valence-corrected chi connectivity index (χ2v) is 5.29. The normalized spacial score (nSPS) is 15.1. The smallest absolute Gasteiger partial charge is 0.239 e. The molecule has 0 saturated heterocycles. The SMILES string of the molecule is CC(=O)N(CC(=O)NC1CCCC1)Cc1cccnc1. The molecule has 1 fully saturated rings. The van der Waals surface area contributed by atoms with E-state index in [2.05, 4.69) is 10.3 Å². The third-order valence-corrected chi connectivity index (χ3v) is 3.60. The van der Waals surface area contributed by atoms with Gasteiger partial charge in [-0.3, -0.25) is 14.6 Å². The molecule has 0 aliphatic heterocycles. The minimum Gasteiger partial charge on any atom is -0.352 e. The fourth-order valence-corrected chi connectivity index (χ4v) is 2.51. The molecule has 1 heterocycles. The highest BCUT2D eigenvalue weighted by Gasteiger charge is 2.19. The van der Waals surface area contributed by atoms with Crippen LogP contribution in [0.25, 0.3) is 0 Å². The number of aromatic nitrogens is 1. The Labute approximate surface area is 119 Å². The van der Waals surface area contributed by atoms with Gasteiger partial charge in [0.1, 0.15) is 0 Å². The Morgan fingerprint density at radius 2 is 2.15 bits per heavy atom. The van der Waals surface area contributed by atoms with Crippen molar-refractivity contribution < 1.29 is 9.59 Å². The van der Waals surface area contributed by atoms with Crippen molar-refractivity contribution in [1.29, 1.82) is 0 Å². The molecule has 0 aromatic carbocycles. The van der Waals surface area contributed by atoms with Gasteiger partial charge < -0.3 is 10.2 Å². The van der Waals surface area contributed by atoms with E-state index < -0.39 is 0 Å². The van der Waals surface area contributed by atoms with E-state index >= 15 is 0 Å². The van der Waals surface area contributed by atoms with Crippen LogP contribution in [0.2, 0.25) is 0 Å². The quantitative estimate of drug-likeness (QED) is 0.885. The third-order valence-electron chi connectivity index (χ3n) is 3.60. The number of hydrogen-bond donors (Lipinski definition) is 1. The maximum absolute atomic E-state index is 12.0. The molecule has 5 nitrogen and oxygen atoms in total. The van der Waals surface area contributed by atoms with Crippen molar-refractivity contribution in [1.82, 2.24) is 15.2 Å². The number of amides is 2. The molecule has 0 radical (unpaired) electrons. The molecule has 1 aliphatic rings. The monoisotopic (exact) mass is 275 g/mol. The first-order valence-electron chi connectivity index (χ1n) is 7.09. The number of pyridine rings is 1. The fraction of sp³-hybridized carbons (Fsp3) is 0.533. The summed E-state index contributed by atoms with van der Waals surface area (Å²) < 4.78 is 0. The molecule has 1 aromatic rings. The van der Waals surface area contributed by atoms with Gasteiger partial charge in [-0.1, -0.05) is 18.9 Å². The average molecular weight is 275 g/mol. The summed E-state index contributed by atoms with van der Waals surface area (Å²) in [5.74, 6) is -0.175. The van der Waals surface area contributed by atoms with Crippen LogP contribution >= 0.6 is 0 Å². The Bertz CT molecular complexity index is 455. The highest BCUT2D eigenvalue weighted by Crippen LogP contribution is 2.17. The molecular weight excluding hydrogens is 254 g/mol. The van der Waals surface area contributed by atoms with Gasteiger partial charge in [-0.2, -0.15) is 0 Å². The Morgan fingerprint density at radius 1 is 1.40 bits per heavy atom. The van der Waals surface area contributed by atoms with Crippen LogP contribution in [-0.2, 0) is 16.1 Å². The summed E-state index contributed by atoms with van der Waals surface area (Å²) >= 11 is 0. The Kier molecular flexibility index (Phi) is 5.09. The van der Waals surface area contributed by atoms with Crippen LogP contribution < -0.4 is 5.32 Å². The van der Waals surface area contributed by atoms with Gasteiger partial charge in [0, 0.05) is 31.9 Å². The average Bonchev–Trinajstić information content (AvgIpc) is 2.92. The van der Waals surface area contributed by atoms with Gasteiger partial charge in [-0.05, 0) is 24.5 Å². The lowest BCUT2D eigenvalue weighted by molar-refractivity contribution is -0.135. The van der Waals surface area contributed by atoms with E-state index in [1.807, 2.05) is 12.1 Å². The Morgan fingerprint density at radius 3 is 2.75 bits per heavy atom. The van der Waals surface area contributed by atoms with E-state index in [9.17, 15) is 9.59 Å². The zero-order chi connectivity index (χ0) is 14.4. The van der Waals surface area contributed by atoms with Gasteiger partial charge >= 0.3 is 0 Å². The van der Waals surface area contributed by atoms with E-state index in [1.165, 1.54) is 19.8 Å². The summed E-state index contributed by atoms with van der Waals surface area (Å²) in [6.07, 6.45) is 7.86. The lowest BCUT2D eigenvalue weighted by atomic mass is 10.2. The molecule has 5 heteroatoms. The van der Waals surface area contributed by atoms with E-state index in [0.29, 0.717) is 6.54 Å². The molecule has 0 unspecified atom stereocenters. The first-order valence-corrected chi connectivity index (χ1v) is 7.09. The maximum atomic E-state index is 12.0. The molecule has 20 heavy (non-hydrogen) atoms. The number of nitrogens with one attached hydrogen (secondary N) is 1. The molecular formula is C15H21N3O2. The number of nitrogens with zero attached hydrogens (tertiary/aromatic N) is 2. The summed E-state index contributed by atoms with van der Waals surface area (Å²) in [6, 6.07) is 4.01. The zero-order valence-electron chi connectivity index (χ0n) is 11.8. The van der Waals surface area contributed by atoms with Crippen LogP contribution in [0.5, 0.6) is 0 Å². The number of rotatable bonds is 5. The largest absolute Gasteiger partial charge is 0.352 e. The molecule has 1 N–H and O–H groups in total. The molecule has 2 amide bonds. The topological polar surface area (TPSA) is 62.3 Å². The van der Waals surface area contributed by atoms with Crippen LogP contribution in [0.1, 0.15) is 38.2 Å². The van der Waals surface area contributed by atoms with Crippen LogP contribution in [0, 0.1) is 0 Å². The third kappa shape index (κ3) is 4.33. The standard InChI is InChI=1S/C15H21N3O2/c1-12(19)18(10-13-5-4-8-16-9-13)11-15(20)17-14-6-2-3-7-14/h4-5,8-9,14H,2-3,6-7,10-11H2,1H3,(H,17,20). The Hall–Kier alpha value is -1.91. The summed E-state index contributed by atoms with van der Waals surface area (Å²) in [6.45, 7) is 2.02. The minimum absolute atomic E-state index is 0.0732. The van der Waals surface area contributed by atoms with E-state index in [0.717, 1.165) is 18.4 Å². The first kappa shape index (κ1) is 14.5. The van der Waals surface area contributed by atoms with Gasteiger partial charge in [0.2, 0.25) is 11.8 Å². The van der Waals surface area contributed by atoms with E-state index in [1.54, 1.807) is 17.3 Å². The van der Waals surface area contributed by atoms with Gasteiger partial charge in [0.15, 0.2) is 0 Å². The molecule has 1 aliphatic carbocycles. The second kappa shape index (κ2) is 7.03. The highest BCUT2D eigenvalue weighted by atomic mass is 16.2. The predicted molar refractivity (Wildman–Crippen MR) is 75.7 cm³/mol. The van der Waals surface area contributed by atoms with Crippen molar-refractivity contribution in [2.45, 2.75) is 45.2 Å². The highest BCUT2D eigenvalue weighted by molar-refractivity contribution is 5.83. The number of carbonyl (C=O) groups excluding carboxylic acids is 2. The van der Waals surface area contributed by atoms with Crippen LogP contribution in [0.4, 0.5) is 0 Å². The first-order chi connectivity index (χ1) is 9.65. The zero-order valence-corrected chi connectivity index (χ0v) is 11.8. The number of carbonyl (C=O) groups is 2. The lowest BCUT2D eigenvalue weighted by Gasteiger charge is -2.21. The Balaban J connectivity index is 1.88. The maximum Gasteiger partial charge on any atom is 0.239 e. The predicted octanol–water partition coefficient (Wildman–Crippen LogP) is 1.49. The molecule has 1 aromatic heterocycles. The lowest BCUT2D eigenvalue weighted by Crippen LogP contribution is -2.42. The summed E-state index contributed by atoms with van der Waals surface area (Å²) in [4.78, 5) is 29.2. The van der Waals surface area contributed by atoms with Crippen molar-refractivity contribution in [3.8, 4) is 0 Å². The molecule has 0 atom stereocenters. The molecule has 108 valence electrons. The van der Waals surface area contributed by atoms with Crippen molar-refractivity contribution in [3.05, 3.63) is 30.1 Å². The molecule has 0 spiro atoms. The summed E-state index contributed by atoms with van der Waals surface area (Å²) in [5, 5.41) is 3.00. The van der Waals surface area contributed by atoms with Gasteiger partial charge in [-0.15, -0.1) is 0 Å². The van der Waals surface area contributed by atoms with Gasteiger partial charge in [0.25, 0.3) is 0 Å². The second-order valence-electron chi connectivity index (χ2n) is 5.29. The van der Waals surface area contributed by atoms with Crippen LogP contribution in [0.15, 0.2) is 24.5 Å². The summed E-state index contributed by atoms with van der Waals surface area (Å²) in [5.41, 5.74) is 0.927. The van der Waals surface area contributed by atoms with Crippen LogP contribution in [0.3, 0.4) is 0 Å². The summed E-state index contributed by atoms with van der Waals surface area (Å²) in [7, 11) is 0. The number of hydrogen-bond acceptors (Lipinski definition) is 3. The van der Waals surface area contributed by atoms with E-state index in [4.69, 9.17) is 0 Å².